The maximum atomic E-state index is 12.5. The normalized spacial score (nSPS) is 12.0. The van der Waals surface area contributed by atoms with Gasteiger partial charge in [-0.2, -0.15) is 13.2 Å². The van der Waals surface area contributed by atoms with Gasteiger partial charge in [0.25, 0.3) is 6.43 Å². The molecule has 0 spiro atoms. The van der Waals surface area contributed by atoms with Gasteiger partial charge in [-0.25, -0.2) is 13.8 Å². The van der Waals surface area contributed by atoms with Crippen LogP contribution in [0.5, 0.6) is 5.75 Å². The van der Waals surface area contributed by atoms with E-state index >= 15 is 0 Å². The molecular formula is C8H5ClF5NO. The van der Waals surface area contributed by atoms with Crippen LogP contribution in [0.4, 0.5) is 22.0 Å². The number of halogens is 6. The number of pyridine rings is 1. The Kier molecular flexibility index (Phi) is 3.57. The molecule has 2 nitrogen and oxygen atoms in total. The van der Waals surface area contributed by atoms with Crippen LogP contribution in [-0.2, 0) is 6.18 Å². The monoisotopic (exact) mass is 261 g/mol. The van der Waals surface area contributed by atoms with Gasteiger partial charge in [0.15, 0.2) is 5.75 Å². The molecule has 0 fully saturated rings. The van der Waals surface area contributed by atoms with Crippen molar-refractivity contribution in [2.75, 3.05) is 7.11 Å². The summed E-state index contributed by atoms with van der Waals surface area (Å²) in [6.45, 7) is 0. The maximum Gasteiger partial charge on any atom is 0.421 e. The molecule has 0 aliphatic rings. The molecule has 0 N–H and O–H groups in total. The van der Waals surface area contributed by atoms with E-state index in [0.717, 1.165) is 7.11 Å². The van der Waals surface area contributed by atoms with E-state index in [-0.39, 0.29) is 0 Å². The molecule has 0 amide bonds. The van der Waals surface area contributed by atoms with Crippen LogP contribution in [-0.4, -0.2) is 12.1 Å². The molecule has 0 aromatic carbocycles. The number of nitrogens with zero attached hydrogens (tertiary/aromatic N) is 1. The molecule has 90 valence electrons. The molecule has 0 aliphatic heterocycles. The third-order valence-electron chi connectivity index (χ3n) is 1.71. The Bertz CT molecular complexity index is 393. The number of ether oxygens (including phenoxy) is 1. The summed E-state index contributed by atoms with van der Waals surface area (Å²) in [5.74, 6) is -1.05. The first-order valence-corrected chi connectivity index (χ1v) is 4.24. The van der Waals surface area contributed by atoms with Gasteiger partial charge < -0.3 is 4.74 Å². The highest BCUT2D eigenvalue weighted by Gasteiger charge is 2.39. The van der Waals surface area contributed by atoms with Crippen LogP contribution in [0.1, 0.15) is 17.7 Å². The summed E-state index contributed by atoms with van der Waals surface area (Å²) in [7, 11) is 0.842. The summed E-state index contributed by atoms with van der Waals surface area (Å²) in [5, 5.41) is -0.784. The fourth-order valence-electron chi connectivity index (χ4n) is 1.11. The van der Waals surface area contributed by atoms with Gasteiger partial charge in [-0.05, 0) is 0 Å². The number of hydrogen-bond acceptors (Lipinski definition) is 2. The lowest BCUT2D eigenvalue weighted by Gasteiger charge is -2.15. The average Bonchev–Trinajstić information content (AvgIpc) is 2.14. The van der Waals surface area contributed by atoms with Gasteiger partial charge >= 0.3 is 6.18 Å². The van der Waals surface area contributed by atoms with Crippen molar-refractivity contribution in [1.82, 2.24) is 4.98 Å². The van der Waals surface area contributed by atoms with Crippen molar-refractivity contribution in [1.29, 1.82) is 0 Å². The van der Waals surface area contributed by atoms with E-state index < -0.39 is 34.6 Å². The van der Waals surface area contributed by atoms with Crippen LogP contribution in [0.3, 0.4) is 0 Å². The molecule has 0 bridgehead atoms. The second-order valence-electron chi connectivity index (χ2n) is 2.70. The van der Waals surface area contributed by atoms with Crippen LogP contribution in [0.25, 0.3) is 0 Å². The van der Waals surface area contributed by atoms with Gasteiger partial charge in [-0.15, -0.1) is 0 Å². The molecule has 1 aromatic heterocycles. The summed E-state index contributed by atoms with van der Waals surface area (Å²) in [5.41, 5.74) is -2.53. The topological polar surface area (TPSA) is 22.1 Å². The fourth-order valence-corrected chi connectivity index (χ4v) is 1.35. The number of methoxy groups -OCH3 is 1. The Balaban J connectivity index is 3.51. The second kappa shape index (κ2) is 4.40. The number of alkyl halides is 5. The lowest BCUT2D eigenvalue weighted by molar-refractivity contribution is -0.138. The SMILES string of the molecule is COc1c(C(F)F)ncc(Cl)c1C(F)(F)F. The summed E-state index contributed by atoms with van der Waals surface area (Å²) < 4.78 is 66.5. The highest BCUT2D eigenvalue weighted by molar-refractivity contribution is 6.31. The van der Waals surface area contributed by atoms with E-state index in [1.165, 1.54) is 0 Å². The Morgan fingerprint density at radius 2 is 1.94 bits per heavy atom. The Labute approximate surface area is 92.0 Å². The van der Waals surface area contributed by atoms with Crippen LogP contribution >= 0.6 is 11.6 Å². The largest absolute Gasteiger partial charge is 0.494 e. The molecule has 1 aromatic rings. The predicted molar refractivity (Wildman–Crippen MR) is 45.8 cm³/mol. The minimum Gasteiger partial charge on any atom is -0.494 e. The minimum atomic E-state index is -4.88. The number of rotatable bonds is 2. The summed E-state index contributed by atoms with van der Waals surface area (Å²) >= 11 is 5.26. The molecular weight excluding hydrogens is 257 g/mol. The molecule has 0 atom stereocenters. The Hall–Kier alpha value is -1.11. The van der Waals surface area contributed by atoms with Gasteiger partial charge in [0.2, 0.25) is 0 Å². The third kappa shape index (κ3) is 2.34. The summed E-state index contributed by atoms with van der Waals surface area (Å²) in [6, 6.07) is 0. The zero-order chi connectivity index (χ0) is 12.5. The highest BCUT2D eigenvalue weighted by atomic mass is 35.5. The van der Waals surface area contributed by atoms with Crippen molar-refractivity contribution in [3.63, 3.8) is 0 Å². The van der Waals surface area contributed by atoms with Crippen molar-refractivity contribution < 1.29 is 26.7 Å². The van der Waals surface area contributed by atoms with E-state index in [9.17, 15) is 22.0 Å². The Morgan fingerprint density at radius 1 is 1.38 bits per heavy atom. The predicted octanol–water partition coefficient (Wildman–Crippen LogP) is 3.70. The van der Waals surface area contributed by atoms with Gasteiger partial charge in [-0.1, -0.05) is 11.6 Å². The van der Waals surface area contributed by atoms with E-state index in [4.69, 9.17) is 11.6 Å². The van der Waals surface area contributed by atoms with Crippen molar-refractivity contribution in [2.45, 2.75) is 12.6 Å². The highest BCUT2D eigenvalue weighted by Crippen LogP contribution is 2.43. The summed E-state index contributed by atoms with van der Waals surface area (Å²) in [4.78, 5) is 3.12. The minimum absolute atomic E-state index is 0.522. The fraction of sp³-hybridized carbons (Fsp3) is 0.375. The Morgan fingerprint density at radius 3 is 2.31 bits per heavy atom. The second-order valence-corrected chi connectivity index (χ2v) is 3.11. The molecule has 0 radical (unpaired) electrons. The lowest BCUT2D eigenvalue weighted by atomic mass is 10.2. The molecule has 0 saturated carbocycles. The quantitative estimate of drug-likeness (QED) is 0.757. The average molecular weight is 262 g/mol. The van der Waals surface area contributed by atoms with Crippen molar-refractivity contribution in [3.05, 3.63) is 22.5 Å². The first-order valence-electron chi connectivity index (χ1n) is 3.86. The molecule has 0 saturated heterocycles. The first-order chi connectivity index (χ1) is 7.29. The van der Waals surface area contributed by atoms with Gasteiger partial charge in [0.05, 0.1) is 12.1 Å². The zero-order valence-electron chi connectivity index (χ0n) is 7.78. The first kappa shape index (κ1) is 13.0. The van der Waals surface area contributed by atoms with Crippen LogP contribution in [0.15, 0.2) is 6.20 Å². The van der Waals surface area contributed by atoms with Gasteiger partial charge in [0.1, 0.15) is 11.3 Å². The zero-order valence-corrected chi connectivity index (χ0v) is 8.53. The standard InChI is InChI=1S/C8H5ClF5NO/c1-16-6-4(8(12,13)14)3(9)2-15-5(6)7(10)11/h2,7H,1H3. The van der Waals surface area contributed by atoms with Crippen LogP contribution in [0, 0.1) is 0 Å². The van der Waals surface area contributed by atoms with Crippen molar-refractivity contribution >= 4 is 11.6 Å². The molecule has 1 rings (SSSR count). The lowest BCUT2D eigenvalue weighted by Crippen LogP contribution is -2.11. The number of hydrogen-bond donors (Lipinski definition) is 0. The van der Waals surface area contributed by atoms with Gasteiger partial charge in [0, 0.05) is 6.20 Å². The van der Waals surface area contributed by atoms with E-state index in [0.29, 0.717) is 6.20 Å². The molecule has 16 heavy (non-hydrogen) atoms. The maximum absolute atomic E-state index is 12.5. The number of aromatic nitrogens is 1. The van der Waals surface area contributed by atoms with Gasteiger partial charge in [-0.3, -0.25) is 0 Å². The summed E-state index contributed by atoms with van der Waals surface area (Å²) in [6.07, 6.45) is -7.53. The molecule has 8 heteroatoms. The van der Waals surface area contributed by atoms with E-state index in [2.05, 4.69) is 9.72 Å². The van der Waals surface area contributed by atoms with Crippen molar-refractivity contribution in [3.8, 4) is 5.75 Å². The molecule has 0 aliphatic carbocycles. The van der Waals surface area contributed by atoms with Crippen LogP contribution < -0.4 is 4.74 Å². The van der Waals surface area contributed by atoms with Crippen molar-refractivity contribution in [2.24, 2.45) is 0 Å². The van der Waals surface area contributed by atoms with Crippen LogP contribution in [0.2, 0.25) is 5.02 Å². The molecule has 0 unspecified atom stereocenters. The van der Waals surface area contributed by atoms with E-state index in [1.807, 2.05) is 0 Å². The van der Waals surface area contributed by atoms with E-state index in [1.54, 1.807) is 0 Å². The smallest absolute Gasteiger partial charge is 0.421 e. The molecule has 1 heterocycles. The third-order valence-corrected chi connectivity index (χ3v) is 2.00.